The van der Waals surface area contributed by atoms with Gasteiger partial charge in [0.05, 0.1) is 6.61 Å². The van der Waals surface area contributed by atoms with Crippen LogP contribution in [0.15, 0.2) is 29.3 Å². The number of aryl methyl sites for hydroxylation is 1. The summed E-state index contributed by atoms with van der Waals surface area (Å²) in [5.41, 5.74) is 3.16. The highest BCUT2D eigenvalue weighted by atomic mass is 16.5. The van der Waals surface area contributed by atoms with Crippen LogP contribution in [0.5, 0.6) is 0 Å². The topological polar surface area (TPSA) is 65.9 Å². The predicted octanol–water partition coefficient (Wildman–Crippen LogP) is 1.92. The van der Waals surface area contributed by atoms with Crippen LogP contribution in [0.4, 0.5) is 0 Å². The van der Waals surface area contributed by atoms with Gasteiger partial charge < -0.3 is 20.5 Å². The van der Waals surface area contributed by atoms with E-state index in [0.29, 0.717) is 0 Å². The lowest BCUT2D eigenvalue weighted by atomic mass is 9.84. The first-order valence-corrected chi connectivity index (χ1v) is 9.97. The van der Waals surface area contributed by atoms with Gasteiger partial charge in [0.1, 0.15) is 0 Å². The third-order valence-corrected chi connectivity index (χ3v) is 6.68. The first-order valence-electron chi connectivity index (χ1n) is 9.97. The number of nitrogens with zero attached hydrogens (tertiary/aromatic N) is 1. The monoisotopic (exact) mass is 357 g/mol. The minimum atomic E-state index is 0.0406. The molecule has 4 atom stereocenters. The number of hydrogen-bond donors (Lipinski definition) is 3. The number of aliphatic imine (C=N–C) groups is 1. The zero-order valence-corrected chi connectivity index (χ0v) is 15.7. The standard InChI is InChI=1S/C21H31N3O2/c1-22-20(24-13-21(8-10-25)9-11-26-14-21)23-12-18-17-7-6-15-4-2-3-5-16(15)19(17)18/h2-5,17-19,25H,6-14H2,1H3,(H2,22,23,24). The van der Waals surface area contributed by atoms with Crippen LogP contribution in [-0.2, 0) is 11.2 Å². The normalized spacial score (nSPS) is 32.7. The number of aliphatic hydroxyl groups excluding tert-OH is 1. The van der Waals surface area contributed by atoms with E-state index in [1.807, 2.05) is 7.05 Å². The van der Waals surface area contributed by atoms with Crippen LogP contribution < -0.4 is 10.6 Å². The van der Waals surface area contributed by atoms with Gasteiger partial charge in [-0.25, -0.2) is 0 Å². The lowest BCUT2D eigenvalue weighted by molar-refractivity contribution is 0.127. The van der Waals surface area contributed by atoms with Gasteiger partial charge in [-0.05, 0) is 54.6 Å². The third-order valence-electron chi connectivity index (χ3n) is 6.68. The molecular formula is C21H31N3O2. The van der Waals surface area contributed by atoms with E-state index < -0.39 is 0 Å². The molecule has 1 aliphatic heterocycles. The Kier molecular flexibility index (Phi) is 5.18. The SMILES string of the molecule is CN=C(NCC1C2CCc3ccccc3C21)NCC1(CCO)CCOC1. The highest BCUT2D eigenvalue weighted by Gasteiger charge is 2.52. The van der Waals surface area contributed by atoms with Crippen molar-refractivity contribution in [3.8, 4) is 0 Å². The lowest BCUT2D eigenvalue weighted by Gasteiger charge is -2.27. The molecule has 3 N–H and O–H groups in total. The fourth-order valence-electron chi connectivity index (χ4n) is 5.01. The smallest absolute Gasteiger partial charge is 0.191 e. The van der Waals surface area contributed by atoms with Gasteiger partial charge in [-0.3, -0.25) is 4.99 Å². The number of rotatable bonds is 6. The van der Waals surface area contributed by atoms with Gasteiger partial charge in [0.25, 0.3) is 0 Å². The van der Waals surface area contributed by atoms with Crippen LogP contribution in [0.1, 0.15) is 36.3 Å². The van der Waals surface area contributed by atoms with E-state index in [4.69, 9.17) is 4.74 Å². The van der Waals surface area contributed by atoms with Crippen LogP contribution in [0, 0.1) is 17.3 Å². The van der Waals surface area contributed by atoms with Crippen molar-refractivity contribution in [2.75, 3.05) is 40.0 Å². The Bertz CT molecular complexity index is 654. The zero-order valence-electron chi connectivity index (χ0n) is 15.7. The van der Waals surface area contributed by atoms with Crippen molar-refractivity contribution in [3.63, 3.8) is 0 Å². The molecule has 4 unspecified atom stereocenters. The van der Waals surface area contributed by atoms with Gasteiger partial charge in [-0.2, -0.15) is 0 Å². The second-order valence-corrected chi connectivity index (χ2v) is 8.17. The van der Waals surface area contributed by atoms with E-state index in [2.05, 4.69) is 39.9 Å². The van der Waals surface area contributed by atoms with Crippen molar-refractivity contribution in [3.05, 3.63) is 35.4 Å². The molecule has 142 valence electrons. The van der Waals surface area contributed by atoms with E-state index in [0.717, 1.165) is 62.9 Å². The van der Waals surface area contributed by atoms with Gasteiger partial charge in [0, 0.05) is 38.8 Å². The summed E-state index contributed by atoms with van der Waals surface area (Å²) in [6, 6.07) is 8.95. The average Bonchev–Trinajstić information content (AvgIpc) is 3.20. The van der Waals surface area contributed by atoms with Gasteiger partial charge in [-0.15, -0.1) is 0 Å². The molecule has 1 aromatic rings. The molecule has 0 aromatic heterocycles. The van der Waals surface area contributed by atoms with E-state index in [9.17, 15) is 5.11 Å². The van der Waals surface area contributed by atoms with E-state index in [1.54, 1.807) is 11.1 Å². The van der Waals surface area contributed by atoms with Crippen LogP contribution in [-0.4, -0.2) is 51.0 Å². The molecule has 0 bridgehead atoms. The summed E-state index contributed by atoms with van der Waals surface area (Å²) in [6.07, 6.45) is 4.32. The Morgan fingerprint density at radius 2 is 2.23 bits per heavy atom. The summed E-state index contributed by atoms with van der Waals surface area (Å²) < 4.78 is 5.57. The second kappa shape index (κ2) is 7.57. The highest BCUT2D eigenvalue weighted by molar-refractivity contribution is 5.79. The maximum atomic E-state index is 9.37. The number of fused-ring (bicyclic) bond motifs is 3. The summed E-state index contributed by atoms with van der Waals surface area (Å²) in [5.74, 6) is 3.15. The Labute approximate surface area is 156 Å². The average molecular weight is 357 g/mol. The van der Waals surface area contributed by atoms with Crippen molar-refractivity contribution in [2.45, 2.75) is 31.6 Å². The highest BCUT2D eigenvalue weighted by Crippen LogP contribution is 2.59. The molecule has 1 saturated heterocycles. The summed E-state index contributed by atoms with van der Waals surface area (Å²) in [7, 11) is 1.83. The number of ether oxygens (including phenoxy) is 1. The number of guanidine groups is 1. The molecule has 0 spiro atoms. The van der Waals surface area contributed by atoms with Crippen molar-refractivity contribution in [2.24, 2.45) is 22.2 Å². The van der Waals surface area contributed by atoms with Crippen molar-refractivity contribution in [1.29, 1.82) is 0 Å². The minimum Gasteiger partial charge on any atom is -0.396 e. The van der Waals surface area contributed by atoms with Crippen LogP contribution in [0.25, 0.3) is 0 Å². The molecule has 0 radical (unpaired) electrons. The van der Waals surface area contributed by atoms with E-state index in [1.165, 1.54) is 12.8 Å². The van der Waals surface area contributed by atoms with Crippen LogP contribution in [0.2, 0.25) is 0 Å². The molecule has 1 heterocycles. The summed E-state index contributed by atoms with van der Waals surface area (Å²) in [4.78, 5) is 4.39. The Hall–Kier alpha value is -1.59. The van der Waals surface area contributed by atoms with Gasteiger partial charge in [0.15, 0.2) is 5.96 Å². The van der Waals surface area contributed by atoms with Crippen molar-refractivity contribution < 1.29 is 9.84 Å². The predicted molar refractivity (Wildman–Crippen MR) is 103 cm³/mol. The van der Waals surface area contributed by atoms with E-state index >= 15 is 0 Å². The summed E-state index contributed by atoms with van der Waals surface area (Å²) >= 11 is 0. The first-order chi connectivity index (χ1) is 12.8. The molecule has 5 heteroatoms. The zero-order chi connectivity index (χ0) is 18.0. The molecule has 1 aromatic carbocycles. The quantitative estimate of drug-likeness (QED) is 0.538. The molecule has 0 amide bonds. The Morgan fingerprint density at radius 1 is 1.35 bits per heavy atom. The van der Waals surface area contributed by atoms with Crippen molar-refractivity contribution >= 4 is 5.96 Å². The second-order valence-electron chi connectivity index (χ2n) is 8.17. The lowest BCUT2D eigenvalue weighted by Crippen LogP contribution is -2.45. The molecular weight excluding hydrogens is 326 g/mol. The van der Waals surface area contributed by atoms with Crippen LogP contribution >= 0.6 is 0 Å². The molecule has 1 saturated carbocycles. The maximum Gasteiger partial charge on any atom is 0.191 e. The molecule has 5 nitrogen and oxygen atoms in total. The van der Waals surface area contributed by atoms with Gasteiger partial charge in [-0.1, -0.05) is 24.3 Å². The van der Waals surface area contributed by atoms with Gasteiger partial charge in [0.2, 0.25) is 0 Å². The number of nitrogens with one attached hydrogen (secondary N) is 2. The van der Waals surface area contributed by atoms with Crippen LogP contribution in [0.3, 0.4) is 0 Å². The van der Waals surface area contributed by atoms with E-state index in [-0.39, 0.29) is 12.0 Å². The third kappa shape index (κ3) is 3.47. The molecule has 2 aliphatic carbocycles. The fourth-order valence-corrected chi connectivity index (χ4v) is 5.01. The largest absolute Gasteiger partial charge is 0.396 e. The molecule has 26 heavy (non-hydrogen) atoms. The molecule has 4 rings (SSSR count). The van der Waals surface area contributed by atoms with Crippen molar-refractivity contribution in [1.82, 2.24) is 10.6 Å². The molecule has 3 aliphatic rings. The summed E-state index contributed by atoms with van der Waals surface area (Å²) in [5, 5.41) is 16.4. The minimum absolute atomic E-state index is 0.0406. The maximum absolute atomic E-state index is 9.37. The first kappa shape index (κ1) is 17.8. The van der Waals surface area contributed by atoms with Gasteiger partial charge >= 0.3 is 0 Å². The summed E-state index contributed by atoms with van der Waals surface area (Å²) in [6.45, 7) is 3.50. The Balaban J connectivity index is 1.29. The number of aliphatic hydroxyl groups is 1. The number of benzene rings is 1. The Morgan fingerprint density at radius 3 is 3.00 bits per heavy atom. The molecule has 2 fully saturated rings. The fraction of sp³-hybridized carbons (Fsp3) is 0.667. The number of hydrogen-bond acceptors (Lipinski definition) is 3.